The summed E-state index contributed by atoms with van der Waals surface area (Å²) < 4.78 is 12.6. The summed E-state index contributed by atoms with van der Waals surface area (Å²) in [6.07, 6.45) is 0.201. The molecule has 3 rings (SSSR count). The number of carbonyl (C=O) groups excluding carboxylic acids is 2. The number of carbonyl (C=O) groups is 2. The molecule has 1 N–H and O–H groups in total. The van der Waals surface area contributed by atoms with Gasteiger partial charge in [-0.3, -0.25) is 14.3 Å². The number of hydrogen-bond acceptors (Lipinski definition) is 5. The Labute approximate surface area is 158 Å². The molecule has 1 aromatic heterocycles. The van der Waals surface area contributed by atoms with Gasteiger partial charge in [-0.25, -0.2) is 0 Å². The second kappa shape index (κ2) is 8.11. The molecule has 1 atom stereocenters. The topological polar surface area (TPSA) is 85.7 Å². The van der Waals surface area contributed by atoms with Gasteiger partial charge in [0.2, 0.25) is 11.8 Å². The normalized spacial score (nSPS) is 16.5. The molecule has 1 saturated heterocycles. The van der Waals surface area contributed by atoms with Crippen molar-refractivity contribution >= 4 is 17.6 Å². The van der Waals surface area contributed by atoms with Gasteiger partial charge in [0.1, 0.15) is 6.61 Å². The summed E-state index contributed by atoms with van der Waals surface area (Å²) in [6.45, 7) is 3.04. The second-order valence-electron chi connectivity index (χ2n) is 6.52. The van der Waals surface area contributed by atoms with Gasteiger partial charge in [-0.1, -0.05) is 12.1 Å². The highest BCUT2D eigenvalue weighted by atomic mass is 16.5. The van der Waals surface area contributed by atoms with E-state index in [0.29, 0.717) is 37.0 Å². The summed E-state index contributed by atoms with van der Waals surface area (Å²) in [6, 6.07) is 9.15. The summed E-state index contributed by atoms with van der Waals surface area (Å²) in [7, 11) is 3.39. The highest BCUT2D eigenvalue weighted by molar-refractivity contribution is 5.96. The Morgan fingerprint density at radius 3 is 2.74 bits per heavy atom. The molecule has 2 amide bonds. The van der Waals surface area contributed by atoms with Crippen LogP contribution in [0.25, 0.3) is 0 Å². The summed E-state index contributed by atoms with van der Waals surface area (Å²) in [5.74, 6) is 1.17. The number of aromatic nitrogens is 2. The predicted octanol–water partition coefficient (Wildman–Crippen LogP) is 1.60. The Morgan fingerprint density at radius 2 is 2.07 bits per heavy atom. The lowest BCUT2D eigenvalue weighted by Gasteiger charge is -2.17. The zero-order chi connectivity index (χ0) is 19.4. The quantitative estimate of drug-likeness (QED) is 0.798. The van der Waals surface area contributed by atoms with E-state index in [-0.39, 0.29) is 24.2 Å². The molecule has 0 saturated carbocycles. The number of amides is 2. The van der Waals surface area contributed by atoms with Crippen LogP contribution >= 0.6 is 0 Å². The first kappa shape index (κ1) is 18.8. The second-order valence-corrected chi connectivity index (χ2v) is 6.52. The molecule has 144 valence electrons. The number of benzene rings is 1. The molecule has 0 aliphatic carbocycles. The average Bonchev–Trinajstić information content (AvgIpc) is 3.17. The number of nitrogens with zero attached hydrogens (tertiary/aromatic N) is 3. The van der Waals surface area contributed by atoms with Gasteiger partial charge < -0.3 is 19.7 Å². The third-order valence-electron chi connectivity index (χ3n) is 4.64. The van der Waals surface area contributed by atoms with Crippen molar-refractivity contribution < 1.29 is 19.1 Å². The maximum atomic E-state index is 12.4. The Hall–Kier alpha value is -3.03. The number of likely N-dealkylation sites (tertiary alicyclic amines) is 1. The van der Waals surface area contributed by atoms with Crippen LogP contribution in [0.1, 0.15) is 12.1 Å². The van der Waals surface area contributed by atoms with Gasteiger partial charge in [-0.05, 0) is 19.1 Å². The fourth-order valence-corrected chi connectivity index (χ4v) is 3.02. The van der Waals surface area contributed by atoms with E-state index >= 15 is 0 Å². The third kappa shape index (κ3) is 4.39. The number of ether oxygens (including phenoxy) is 2. The first-order chi connectivity index (χ1) is 13.0. The fourth-order valence-electron chi connectivity index (χ4n) is 3.02. The molecule has 27 heavy (non-hydrogen) atoms. The molecule has 2 aromatic rings. The van der Waals surface area contributed by atoms with Crippen molar-refractivity contribution in [1.29, 1.82) is 0 Å². The van der Waals surface area contributed by atoms with Crippen molar-refractivity contribution in [1.82, 2.24) is 14.7 Å². The van der Waals surface area contributed by atoms with E-state index in [0.717, 1.165) is 5.69 Å². The number of rotatable bonds is 7. The van der Waals surface area contributed by atoms with Crippen LogP contribution in [0.3, 0.4) is 0 Å². The van der Waals surface area contributed by atoms with Crippen molar-refractivity contribution in [2.24, 2.45) is 13.0 Å². The average molecular weight is 372 g/mol. The monoisotopic (exact) mass is 372 g/mol. The number of aryl methyl sites for hydroxylation is 2. The van der Waals surface area contributed by atoms with E-state index in [4.69, 9.17) is 9.47 Å². The lowest BCUT2D eigenvalue weighted by Crippen LogP contribution is -2.31. The van der Waals surface area contributed by atoms with E-state index in [9.17, 15) is 9.59 Å². The van der Waals surface area contributed by atoms with Crippen molar-refractivity contribution in [2.75, 3.05) is 32.1 Å². The minimum Gasteiger partial charge on any atom is -0.493 e. The Balaban J connectivity index is 1.50. The van der Waals surface area contributed by atoms with E-state index < -0.39 is 0 Å². The van der Waals surface area contributed by atoms with Crippen LogP contribution in [0.4, 0.5) is 5.82 Å². The lowest BCUT2D eigenvalue weighted by atomic mass is 10.1. The van der Waals surface area contributed by atoms with E-state index in [1.54, 1.807) is 22.8 Å². The first-order valence-electron chi connectivity index (χ1n) is 8.83. The molecule has 1 aliphatic heterocycles. The summed E-state index contributed by atoms with van der Waals surface area (Å²) in [5, 5.41) is 7.00. The van der Waals surface area contributed by atoms with Gasteiger partial charge in [0.15, 0.2) is 17.3 Å². The third-order valence-corrected chi connectivity index (χ3v) is 4.64. The van der Waals surface area contributed by atoms with Crippen LogP contribution in [0.15, 0.2) is 30.3 Å². The molecule has 1 aliphatic rings. The van der Waals surface area contributed by atoms with Gasteiger partial charge in [-0.2, -0.15) is 5.10 Å². The minimum atomic E-state index is -0.383. The molecule has 2 heterocycles. The standard InChI is InChI=1S/C19H24N4O4/c1-13-10-17(21-22(13)2)20-19(25)14-11-18(24)23(12-14)8-9-27-16-7-5-4-6-15(16)26-3/h4-7,10,14H,8-9,11-12H2,1-3H3,(H,20,21,25). The van der Waals surface area contributed by atoms with Gasteiger partial charge >= 0.3 is 0 Å². The zero-order valence-corrected chi connectivity index (χ0v) is 15.8. The molecule has 1 fully saturated rings. The number of methoxy groups -OCH3 is 1. The van der Waals surface area contributed by atoms with Crippen LogP contribution in [0.5, 0.6) is 11.5 Å². The highest BCUT2D eigenvalue weighted by Crippen LogP contribution is 2.26. The Bertz CT molecular complexity index is 813. The Morgan fingerprint density at radius 1 is 1.33 bits per heavy atom. The van der Waals surface area contributed by atoms with Crippen LogP contribution < -0.4 is 14.8 Å². The summed E-state index contributed by atoms with van der Waals surface area (Å²) in [4.78, 5) is 26.3. The minimum absolute atomic E-state index is 0.0454. The maximum absolute atomic E-state index is 12.4. The van der Waals surface area contributed by atoms with Crippen LogP contribution in [-0.4, -0.2) is 53.3 Å². The molecule has 1 unspecified atom stereocenters. The summed E-state index contributed by atoms with van der Waals surface area (Å²) in [5.41, 5.74) is 0.947. The van der Waals surface area contributed by atoms with Crippen LogP contribution in [-0.2, 0) is 16.6 Å². The number of anilines is 1. The predicted molar refractivity (Wildman–Crippen MR) is 99.8 cm³/mol. The van der Waals surface area contributed by atoms with E-state index in [2.05, 4.69) is 10.4 Å². The molecule has 0 radical (unpaired) electrons. The zero-order valence-electron chi connectivity index (χ0n) is 15.8. The largest absolute Gasteiger partial charge is 0.493 e. The van der Waals surface area contributed by atoms with Crippen LogP contribution in [0.2, 0.25) is 0 Å². The molecule has 1 aromatic carbocycles. The molecular formula is C19H24N4O4. The molecular weight excluding hydrogens is 348 g/mol. The van der Waals surface area contributed by atoms with Gasteiger partial charge in [0.25, 0.3) is 0 Å². The maximum Gasteiger partial charge on any atom is 0.230 e. The van der Waals surface area contributed by atoms with Gasteiger partial charge in [-0.15, -0.1) is 0 Å². The number of para-hydroxylation sites is 2. The molecule has 8 heteroatoms. The van der Waals surface area contributed by atoms with Crippen molar-refractivity contribution in [3.8, 4) is 11.5 Å². The fraction of sp³-hybridized carbons (Fsp3) is 0.421. The molecule has 0 bridgehead atoms. The Kier molecular flexibility index (Phi) is 5.63. The van der Waals surface area contributed by atoms with E-state index in [1.165, 1.54) is 0 Å². The van der Waals surface area contributed by atoms with E-state index in [1.807, 2.05) is 38.2 Å². The smallest absolute Gasteiger partial charge is 0.230 e. The molecule has 8 nitrogen and oxygen atoms in total. The van der Waals surface area contributed by atoms with Gasteiger partial charge in [0, 0.05) is 31.8 Å². The van der Waals surface area contributed by atoms with Crippen LogP contribution in [0, 0.1) is 12.8 Å². The lowest BCUT2D eigenvalue weighted by molar-refractivity contribution is -0.128. The SMILES string of the molecule is COc1ccccc1OCCN1CC(C(=O)Nc2cc(C)n(C)n2)CC1=O. The first-order valence-corrected chi connectivity index (χ1v) is 8.83. The van der Waals surface area contributed by atoms with Crippen molar-refractivity contribution in [3.63, 3.8) is 0 Å². The number of nitrogens with one attached hydrogen (secondary N) is 1. The molecule has 0 spiro atoms. The van der Waals surface area contributed by atoms with Gasteiger partial charge in [0.05, 0.1) is 19.6 Å². The van der Waals surface area contributed by atoms with Crippen molar-refractivity contribution in [2.45, 2.75) is 13.3 Å². The van der Waals surface area contributed by atoms with Crippen molar-refractivity contribution in [3.05, 3.63) is 36.0 Å². The summed E-state index contributed by atoms with van der Waals surface area (Å²) >= 11 is 0. The highest BCUT2D eigenvalue weighted by Gasteiger charge is 2.34. The number of hydrogen-bond donors (Lipinski definition) is 1.